The molecule has 0 bridgehead atoms. The summed E-state index contributed by atoms with van der Waals surface area (Å²) in [6, 6.07) is 7.52. The highest BCUT2D eigenvalue weighted by atomic mass is 32.1. The Labute approximate surface area is 120 Å². The minimum atomic E-state index is -0.0135. The van der Waals surface area contributed by atoms with Gasteiger partial charge in [0.25, 0.3) is 5.91 Å². The lowest BCUT2D eigenvalue weighted by atomic mass is 10.1. The Morgan fingerprint density at radius 2 is 2.11 bits per heavy atom. The van der Waals surface area contributed by atoms with E-state index in [-0.39, 0.29) is 11.9 Å². The number of nitrogens with zero attached hydrogens (tertiary/aromatic N) is 1. The fraction of sp³-hybridized carbons (Fsp3) is 0.533. The number of piperidine rings is 1. The van der Waals surface area contributed by atoms with Gasteiger partial charge in [-0.3, -0.25) is 4.79 Å². The van der Waals surface area contributed by atoms with E-state index in [1.165, 1.54) is 19.3 Å². The molecule has 4 heteroatoms. The van der Waals surface area contributed by atoms with Gasteiger partial charge in [0.2, 0.25) is 0 Å². The van der Waals surface area contributed by atoms with Crippen LogP contribution in [0.25, 0.3) is 0 Å². The molecule has 0 radical (unpaired) electrons. The molecule has 0 aliphatic carbocycles. The van der Waals surface area contributed by atoms with Crippen molar-refractivity contribution in [2.75, 3.05) is 19.6 Å². The van der Waals surface area contributed by atoms with Gasteiger partial charge in [0.15, 0.2) is 0 Å². The largest absolute Gasteiger partial charge is 0.348 e. The van der Waals surface area contributed by atoms with Crippen molar-refractivity contribution in [2.24, 2.45) is 0 Å². The summed E-state index contributed by atoms with van der Waals surface area (Å²) in [6.45, 7) is 5.32. The lowest BCUT2D eigenvalue weighted by molar-refractivity contribution is 0.0925. The Balaban J connectivity index is 1.84. The molecular formula is C15H22N2OS. The predicted octanol–water partition coefficient (Wildman–Crippen LogP) is 2.58. The number of thiol groups is 1. The molecule has 1 aliphatic heterocycles. The van der Waals surface area contributed by atoms with Gasteiger partial charge in [-0.05, 0) is 51.1 Å². The Morgan fingerprint density at radius 1 is 1.37 bits per heavy atom. The zero-order valence-electron chi connectivity index (χ0n) is 11.4. The first kappa shape index (κ1) is 14.4. The van der Waals surface area contributed by atoms with Crippen LogP contribution in [0.4, 0.5) is 0 Å². The van der Waals surface area contributed by atoms with Gasteiger partial charge in [-0.25, -0.2) is 0 Å². The molecular weight excluding hydrogens is 256 g/mol. The van der Waals surface area contributed by atoms with E-state index < -0.39 is 0 Å². The monoisotopic (exact) mass is 278 g/mol. The van der Waals surface area contributed by atoms with Gasteiger partial charge in [-0.2, -0.15) is 0 Å². The van der Waals surface area contributed by atoms with Crippen LogP contribution in [0.15, 0.2) is 29.2 Å². The van der Waals surface area contributed by atoms with Crippen LogP contribution in [0.5, 0.6) is 0 Å². The molecule has 1 fully saturated rings. The second-order valence-corrected chi connectivity index (χ2v) is 5.80. The molecule has 1 saturated heterocycles. The highest BCUT2D eigenvalue weighted by molar-refractivity contribution is 7.80. The van der Waals surface area contributed by atoms with E-state index in [1.807, 2.05) is 18.2 Å². The van der Waals surface area contributed by atoms with Crippen molar-refractivity contribution in [3.8, 4) is 0 Å². The maximum atomic E-state index is 12.1. The maximum absolute atomic E-state index is 12.1. The van der Waals surface area contributed by atoms with Crippen LogP contribution in [-0.4, -0.2) is 36.5 Å². The second-order valence-electron chi connectivity index (χ2n) is 5.29. The fourth-order valence-corrected chi connectivity index (χ4v) is 2.75. The molecule has 0 saturated carbocycles. The fourth-order valence-electron chi connectivity index (χ4n) is 2.53. The summed E-state index contributed by atoms with van der Waals surface area (Å²) in [5.74, 6) is -0.0135. The Kier molecular flexibility index (Phi) is 5.28. The molecule has 1 aliphatic rings. The molecule has 104 valence electrons. The van der Waals surface area contributed by atoms with Gasteiger partial charge in [-0.1, -0.05) is 12.5 Å². The van der Waals surface area contributed by atoms with E-state index in [4.69, 9.17) is 0 Å². The van der Waals surface area contributed by atoms with E-state index in [0.717, 1.165) is 24.5 Å². The van der Waals surface area contributed by atoms with Crippen molar-refractivity contribution in [2.45, 2.75) is 37.1 Å². The molecule has 1 heterocycles. The molecule has 3 nitrogen and oxygen atoms in total. The van der Waals surface area contributed by atoms with Crippen molar-refractivity contribution in [1.82, 2.24) is 10.2 Å². The van der Waals surface area contributed by atoms with Crippen molar-refractivity contribution in [1.29, 1.82) is 0 Å². The first-order chi connectivity index (χ1) is 9.15. The summed E-state index contributed by atoms with van der Waals surface area (Å²) in [5.41, 5.74) is 0.679. The molecule has 1 aromatic rings. The number of amides is 1. The van der Waals surface area contributed by atoms with Crippen LogP contribution in [0.1, 0.15) is 36.5 Å². The third kappa shape index (κ3) is 4.55. The van der Waals surface area contributed by atoms with Crippen LogP contribution < -0.4 is 5.32 Å². The van der Waals surface area contributed by atoms with E-state index in [9.17, 15) is 4.79 Å². The summed E-state index contributed by atoms with van der Waals surface area (Å²) >= 11 is 4.26. The van der Waals surface area contributed by atoms with Crippen LogP contribution in [0.3, 0.4) is 0 Å². The minimum Gasteiger partial charge on any atom is -0.348 e. The van der Waals surface area contributed by atoms with Gasteiger partial charge in [-0.15, -0.1) is 12.6 Å². The topological polar surface area (TPSA) is 32.3 Å². The Hall–Kier alpha value is -1.00. The molecule has 1 unspecified atom stereocenters. The quantitative estimate of drug-likeness (QED) is 0.830. The standard InChI is InChI=1S/C15H22N2OS/c1-12(11-17-8-3-2-4-9-17)16-15(18)13-6-5-7-14(19)10-13/h5-7,10,12,19H,2-4,8-9,11H2,1H3,(H,16,18). The molecule has 1 atom stereocenters. The van der Waals surface area contributed by atoms with E-state index in [1.54, 1.807) is 6.07 Å². The second kappa shape index (κ2) is 6.96. The zero-order chi connectivity index (χ0) is 13.7. The number of rotatable bonds is 4. The molecule has 1 amide bonds. The molecule has 0 aromatic heterocycles. The van der Waals surface area contributed by atoms with Crippen LogP contribution in [-0.2, 0) is 0 Å². The minimum absolute atomic E-state index is 0.0135. The van der Waals surface area contributed by atoms with Gasteiger partial charge in [0.1, 0.15) is 0 Å². The Morgan fingerprint density at radius 3 is 2.79 bits per heavy atom. The first-order valence-corrected chi connectivity index (χ1v) is 7.42. The average molecular weight is 278 g/mol. The smallest absolute Gasteiger partial charge is 0.251 e. The van der Waals surface area contributed by atoms with Gasteiger partial charge in [0.05, 0.1) is 0 Å². The van der Waals surface area contributed by atoms with Crippen molar-refractivity contribution >= 4 is 18.5 Å². The van der Waals surface area contributed by atoms with Crippen molar-refractivity contribution < 1.29 is 4.79 Å². The number of carbonyl (C=O) groups excluding carboxylic acids is 1. The lowest BCUT2D eigenvalue weighted by Gasteiger charge is -2.29. The van der Waals surface area contributed by atoms with Gasteiger partial charge >= 0.3 is 0 Å². The molecule has 1 aromatic carbocycles. The summed E-state index contributed by atoms with van der Waals surface area (Å²) in [6.07, 6.45) is 3.90. The number of likely N-dealkylation sites (tertiary alicyclic amines) is 1. The molecule has 19 heavy (non-hydrogen) atoms. The van der Waals surface area contributed by atoms with Crippen LogP contribution in [0.2, 0.25) is 0 Å². The van der Waals surface area contributed by atoms with Crippen LogP contribution >= 0.6 is 12.6 Å². The normalized spacial score (nSPS) is 18.0. The predicted molar refractivity (Wildman–Crippen MR) is 80.9 cm³/mol. The number of hydrogen-bond acceptors (Lipinski definition) is 3. The maximum Gasteiger partial charge on any atom is 0.251 e. The van der Waals surface area contributed by atoms with E-state index >= 15 is 0 Å². The lowest BCUT2D eigenvalue weighted by Crippen LogP contribution is -2.43. The Bertz CT molecular complexity index is 430. The number of nitrogens with one attached hydrogen (secondary N) is 1. The number of benzene rings is 1. The third-order valence-corrected chi connectivity index (χ3v) is 3.74. The van der Waals surface area contributed by atoms with E-state index in [0.29, 0.717) is 5.56 Å². The third-order valence-electron chi connectivity index (χ3n) is 3.47. The van der Waals surface area contributed by atoms with Crippen LogP contribution in [0, 0.1) is 0 Å². The number of carbonyl (C=O) groups is 1. The SMILES string of the molecule is CC(CN1CCCCC1)NC(=O)c1cccc(S)c1. The molecule has 2 rings (SSSR count). The zero-order valence-corrected chi connectivity index (χ0v) is 12.3. The molecule has 0 spiro atoms. The van der Waals surface area contributed by atoms with E-state index in [2.05, 4.69) is 29.8 Å². The molecule has 1 N–H and O–H groups in total. The van der Waals surface area contributed by atoms with Crippen molar-refractivity contribution in [3.05, 3.63) is 29.8 Å². The summed E-state index contributed by atoms with van der Waals surface area (Å²) in [4.78, 5) is 15.3. The highest BCUT2D eigenvalue weighted by Gasteiger charge is 2.15. The summed E-state index contributed by atoms with van der Waals surface area (Å²) in [5, 5.41) is 3.06. The van der Waals surface area contributed by atoms with Gasteiger partial charge in [0, 0.05) is 23.0 Å². The number of hydrogen-bond donors (Lipinski definition) is 2. The van der Waals surface area contributed by atoms with Gasteiger partial charge < -0.3 is 10.2 Å². The first-order valence-electron chi connectivity index (χ1n) is 6.97. The summed E-state index contributed by atoms with van der Waals surface area (Å²) < 4.78 is 0. The summed E-state index contributed by atoms with van der Waals surface area (Å²) in [7, 11) is 0. The average Bonchev–Trinajstić information content (AvgIpc) is 2.39. The highest BCUT2D eigenvalue weighted by Crippen LogP contribution is 2.10. The van der Waals surface area contributed by atoms with Crippen molar-refractivity contribution in [3.63, 3.8) is 0 Å².